The Morgan fingerprint density at radius 2 is 2.21 bits per heavy atom. The summed E-state index contributed by atoms with van der Waals surface area (Å²) in [4.78, 5) is 26.2. The third kappa shape index (κ3) is 2.46. The zero-order chi connectivity index (χ0) is 16.8. The van der Waals surface area contributed by atoms with E-state index in [9.17, 15) is 14.9 Å². The fraction of sp³-hybridized carbons (Fsp3) is 0.500. The Hall–Kier alpha value is -2.37. The van der Waals surface area contributed by atoms with Crippen molar-refractivity contribution in [3.8, 4) is 0 Å². The van der Waals surface area contributed by atoms with Crippen molar-refractivity contribution in [2.75, 3.05) is 0 Å². The second-order valence-electron chi connectivity index (χ2n) is 7.29. The van der Waals surface area contributed by atoms with Crippen LogP contribution >= 0.6 is 0 Å². The zero-order valence-corrected chi connectivity index (χ0v) is 13.6. The molecule has 2 bridgehead atoms. The molecule has 1 heterocycles. The summed E-state index contributed by atoms with van der Waals surface area (Å²) in [5.41, 5.74) is 1.21. The first-order valence-electron chi connectivity index (χ1n) is 8.59. The smallest absolute Gasteiger partial charge is 0.270 e. The predicted octanol–water partition coefficient (Wildman–Crippen LogP) is 3.63. The highest BCUT2D eigenvalue weighted by molar-refractivity contribution is 6.07. The van der Waals surface area contributed by atoms with Crippen LogP contribution in [0.15, 0.2) is 24.4 Å². The lowest BCUT2D eigenvalue weighted by Crippen LogP contribution is -2.40. The van der Waals surface area contributed by atoms with Gasteiger partial charge in [-0.25, -0.2) is 0 Å². The van der Waals surface area contributed by atoms with Gasteiger partial charge < -0.3 is 10.3 Å². The number of nitro benzene ring substituents is 1. The van der Waals surface area contributed by atoms with Gasteiger partial charge in [-0.1, -0.05) is 6.42 Å². The van der Waals surface area contributed by atoms with Crippen LogP contribution in [0.25, 0.3) is 10.9 Å². The number of nitrogens with zero attached hydrogens (tertiary/aromatic N) is 1. The van der Waals surface area contributed by atoms with E-state index in [1.165, 1.54) is 37.8 Å². The van der Waals surface area contributed by atoms with Crippen molar-refractivity contribution in [1.82, 2.24) is 10.3 Å². The number of hydrogen-bond donors (Lipinski definition) is 2. The molecule has 1 aromatic carbocycles. The molecule has 2 fully saturated rings. The molecule has 6 nitrogen and oxygen atoms in total. The molecule has 2 aliphatic rings. The monoisotopic (exact) mass is 327 g/mol. The van der Waals surface area contributed by atoms with Gasteiger partial charge in [0.15, 0.2) is 0 Å². The standard InChI is InChI=1S/C18H21N3O3/c1-10(14-7-11-2-3-12(14)6-11)20-18(22)16-9-19-17-5-4-13(21(23)24)8-15(16)17/h4-5,8-12,14,19H,2-3,6-7H2,1H3,(H,20,22). The topological polar surface area (TPSA) is 88.0 Å². The number of hydrogen-bond acceptors (Lipinski definition) is 3. The van der Waals surface area contributed by atoms with Crippen LogP contribution in [0, 0.1) is 27.9 Å². The van der Waals surface area contributed by atoms with Gasteiger partial charge in [-0.05, 0) is 50.0 Å². The molecule has 0 radical (unpaired) electrons. The van der Waals surface area contributed by atoms with Crippen molar-refractivity contribution in [1.29, 1.82) is 0 Å². The van der Waals surface area contributed by atoms with Gasteiger partial charge in [0.05, 0.1) is 10.5 Å². The Kier molecular flexibility index (Phi) is 3.55. The highest BCUT2D eigenvalue weighted by atomic mass is 16.6. The molecule has 1 amide bonds. The lowest BCUT2D eigenvalue weighted by atomic mass is 9.84. The molecule has 0 aliphatic heterocycles. The number of non-ortho nitro benzene ring substituents is 1. The summed E-state index contributed by atoms with van der Waals surface area (Å²) >= 11 is 0. The van der Waals surface area contributed by atoms with E-state index in [-0.39, 0.29) is 17.6 Å². The maximum atomic E-state index is 12.7. The highest BCUT2D eigenvalue weighted by Crippen LogP contribution is 2.49. The number of carbonyl (C=O) groups is 1. The minimum absolute atomic E-state index is 0.00250. The zero-order valence-electron chi connectivity index (χ0n) is 13.6. The number of rotatable bonds is 4. The van der Waals surface area contributed by atoms with E-state index in [4.69, 9.17) is 0 Å². The minimum Gasteiger partial charge on any atom is -0.360 e. The fourth-order valence-corrected chi connectivity index (χ4v) is 4.71. The second-order valence-corrected chi connectivity index (χ2v) is 7.29. The summed E-state index contributed by atoms with van der Waals surface area (Å²) in [6.45, 7) is 2.08. The minimum atomic E-state index is -0.438. The molecule has 1 aromatic heterocycles. The van der Waals surface area contributed by atoms with Crippen LogP contribution < -0.4 is 5.32 Å². The highest BCUT2D eigenvalue weighted by Gasteiger charge is 2.42. The molecule has 2 N–H and O–H groups in total. The van der Waals surface area contributed by atoms with Gasteiger partial charge in [-0.15, -0.1) is 0 Å². The number of nitro groups is 1. The lowest BCUT2D eigenvalue weighted by Gasteiger charge is -2.28. The molecule has 24 heavy (non-hydrogen) atoms. The molecule has 4 rings (SSSR count). The van der Waals surface area contributed by atoms with E-state index in [2.05, 4.69) is 17.2 Å². The Morgan fingerprint density at radius 3 is 2.88 bits per heavy atom. The van der Waals surface area contributed by atoms with Crippen LogP contribution in [-0.2, 0) is 0 Å². The van der Waals surface area contributed by atoms with Gasteiger partial charge in [0.25, 0.3) is 11.6 Å². The Balaban J connectivity index is 1.54. The Bertz CT molecular complexity index is 813. The molecular formula is C18H21N3O3. The molecule has 2 aromatic rings. The van der Waals surface area contributed by atoms with Crippen molar-refractivity contribution in [2.24, 2.45) is 17.8 Å². The van der Waals surface area contributed by atoms with E-state index in [0.717, 1.165) is 17.4 Å². The molecule has 0 saturated heterocycles. The largest absolute Gasteiger partial charge is 0.360 e. The summed E-state index contributed by atoms with van der Waals surface area (Å²) < 4.78 is 0. The maximum Gasteiger partial charge on any atom is 0.270 e. The van der Waals surface area contributed by atoms with Gasteiger partial charge in [0.2, 0.25) is 0 Å². The number of aromatic nitrogens is 1. The third-order valence-corrected chi connectivity index (χ3v) is 5.91. The molecule has 6 heteroatoms. The van der Waals surface area contributed by atoms with Crippen LogP contribution in [0.1, 0.15) is 43.0 Å². The number of amides is 1. The van der Waals surface area contributed by atoms with Gasteiger partial charge in [-0.2, -0.15) is 0 Å². The second kappa shape index (κ2) is 5.61. The number of aromatic amines is 1. The molecule has 2 aliphatic carbocycles. The number of H-pyrrole nitrogens is 1. The lowest BCUT2D eigenvalue weighted by molar-refractivity contribution is -0.384. The van der Waals surface area contributed by atoms with E-state index >= 15 is 0 Å². The molecule has 2 saturated carbocycles. The number of benzene rings is 1. The predicted molar refractivity (Wildman–Crippen MR) is 90.8 cm³/mol. The Morgan fingerprint density at radius 1 is 1.38 bits per heavy atom. The SMILES string of the molecule is CC(NC(=O)c1c[nH]c2ccc([N+](=O)[O-])cc12)C1CC2CCC1C2. The van der Waals surface area contributed by atoms with E-state index in [0.29, 0.717) is 16.9 Å². The van der Waals surface area contributed by atoms with Crippen LogP contribution in [0.5, 0.6) is 0 Å². The fourth-order valence-electron chi connectivity index (χ4n) is 4.71. The van der Waals surface area contributed by atoms with Crippen molar-refractivity contribution < 1.29 is 9.72 Å². The molecule has 4 unspecified atom stereocenters. The number of carbonyl (C=O) groups excluding carboxylic acids is 1. The Labute approximate surface area is 139 Å². The molecular weight excluding hydrogens is 306 g/mol. The van der Waals surface area contributed by atoms with Gasteiger partial charge in [0, 0.05) is 35.3 Å². The summed E-state index contributed by atoms with van der Waals surface area (Å²) in [5, 5.41) is 14.7. The molecule has 0 spiro atoms. The van der Waals surface area contributed by atoms with Crippen molar-refractivity contribution in [3.63, 3.8) is 0 Å². The van der Waals surface area contributed by atoms with E-state index in [1.807, 2.05) is 0 Å². The first-order chi connectivity index (χ1) is 11.5. The molecule has 126 valence electrons. The number of nitrogens with one attached hydrogen (secondary N) is 2. The van der Waals surface area contributed by atoms with Gasteiger partial charge >= 0.3 is 0 Å². The van der Waals surface area contributed by atoms with Crippen LogP contribution in [0.3, 0.4) is 0 Å². The average molecular weight is 327 g/mol. The summed E-state index contributed by atoms with van der Waals surface area (Å²) in [5.74, 6) is 1.99. The summed E-state index contributed by atoms with van der Waals surface area (Å²) in [6.07, 6.45) is 6.79. The average Bonchev–Trinajstić information content (AvgIpc) is 3.28. The first-order valence-corrected chi connectivity index (χ1v) is 8.59. The van der Waals surface area contributed by atoms with Crippen molar-refractivity contribution in [2.45, 2.75) is 38.6 Å². The van der Waals surface area contributed by atoms with Crippen LogP contribution in [0.2, 0.25) is 0 Å². The quantitative estimate of drug-likeness (QED) is 0.664. The van der Waals surface area contributed by atoms with Crippen molar-refractivity contribution in [3.05, 3.63) is 40.1 Å². The van der Waals surface area contributed by atoms with Gasteiger partial charge in [-0.3, -0.25) is 14.9 Å². The van der Waals surface area contributed by atoms with Crippen molar-refractivity contribution >= 4 is 22.5 Å². The van der Waals surface area contributed by atoms with Crippen LogP contribution in [-0.4, -0.2) is 21.9 Å². The summed E-state index contributed by atoms with van der Waals surface area (Å²) in [6, 6.07) is 4.68. The first kappa shape index (κ1) is 15.2. The third-order valence-electron chi connectivity index (χ3n) is 5.91. The van der Waals surface area contributed by atoms with Gasteiger partial charge in [0.1, 0.15) is 0 Å². The normalized spacial score (nSPS) is 26.6. The van der Waals surface area contributed by atoms with E-state index < -0.39 is 4.92 Å². The number of fused-ring (bicyclic) bond motifs is 3. The molecule has 4 atom stereocenters. The van der Waals surface area contributed by atoms with Crippen LogP contribution in [0.4, 0.5) is 5.69 Å². The summed E-state index contributed by atoms with van der Waals surface area (Å²) in [7, 11) is 0. The maximum absolute atomic E-state index is 12.7. The van der Waals surface area contributed by atoms with E-state index in [1.54, 1.807) is 12.3 Å².